The zero-order chi connectivity index (χ0) is 15.8. The molecule has 0 spiro atoms. The topological polar surface area (TPSA) is 61.4 Å². The van der Waals surface area contributed by atoms with Gasteiger partial charge in [0, 0.05) is 19.6 Å². The average molecular weight is 307 g/mol. The summed E-state index contributed by atoms with van der Waals surface area (Å²) in [6, 6.07) is 15.1. The van der Waals surface area contributed by atoms with Crippen LogP contribution in [0.3, 0.4) is 0 Å². The number of anilines is 1. The first-order chi connectivity index (χ1) is 11.2. The highest BCUT2D eigenvalue weighted by atomic mass is 16.2. The van der Waals surface area contributed by atoms with Crippen molar-refractivity contribution in [1.29, 1.82) is 0 Å². The molecule has 1 saturated heterocycles. The third-order valence-corrected chi connectivity index (χ3v) is 4.42. The first kappa shape index (κ1) is 14.0. The van der Waals surface area contributed by atoms with E-state index in [2.05, 4.69) is 10.6 Å². The molecule has 0 bridgehead atoms. The van der Waals surface area contributed by atoms with Gasteiger partial charge in [-0.15, -0.1) is 0 Å². The number of carbonyl (C=O) groups is 2. The van der Waals surface area contributed by atoms with Gasteiger partial charge < -0.3 is 15.5 Å². The highest BCUT2D eigenvalue weighted by molar-refractivity contribution is 6.10. The van der Waals surface area contributed by atoms with Crippen LogP contribution in [-0.2, 0) is 4.79 Å². The summed E-state index contributed by atoms with van der Waals surface area (Å²) >= 11 is 0. The van der Waals surface area contributed by atoms with E-state index in [1.807, 2.05) is 48.5 Å². The number of fused-ring (bicyclic) bond motifs is 2. The van der Waals surface area contributed by atoms with Gasteiger partial charge in [-0.2, -0.15) is 0 Å². The Morgan fingerprint density at radius 1 is 1.00 bits per heavy atom. The van der Waals surface area contributed by atoms with E-state index in [1.165, 1.54) is 0 Å². The molecule has 5 nitrogen and oxygen atoms in total. The van der Waals surface area contributed by atoms with Crippen LogP contribution in [0.4, 0.5) is 5.69 Å². The normalized spacial score (nSPS) is 20.3. The number of piperazine rings is 1. The van der Waals surface area contributed by atoms with Crippen molar-refractivity contribution >= 4 is 17.5 Å². The number of hydrogen-bond acceptors (Lipinski definition) is 3. The molecule has 116 valence electrons. The van der Waals surface area contributed by atoms with Crippen molar-refractivity contribution in [3.63, 3.8) is 0 Å². The van der Waals surface area contributed by atoms with Gasteiger partial charge in [-0.05, 0) is 23.3 Å². The number of nitrogens with one attached hydrogen (secondary N) is 2. The van der Waals surface area contributed by atoms with Gasteiger partial charge in [0.15, 0.2) is 0 Å². The Morgan fingerprint density at radius 3 is 2.65 bits per heavy atom. The van der Waals surface area contributed by atoms with E-state index in [9.17, 15) is 9.59 Å². The number of benzene rings is 2. The van der Waals surface area contributed by atoms with E-state index in [-0.39, 0.29) is 11.8 Å². The van der Waals surface area contributed by atoms with Crippen molar-refractivity contribution < 1.29 is 9.59 Å². The van der Waals surface area contributed by atoms with Crippen LogP contribution in [0, 0.1) is 0 Å². The molecule has 0 radical (unpaired) electrons. The molecule has 0 aliphatic carbocycles. The summed E-state index contributed by atoms with van der Waals surface area (Å²) in [6.07, 6.45) is 0. The lowest BCUT2D eigenvalue weighted by Gasteiger charge is -2.33. The summed E-state index contributed by atoms with van der Waals surface area (Å²) in [5, 5.41) is 6.06. The summed E-state index contributed by atoms with van der Waals surface area (Å²) in [7, 11) is 0. The van der Waals surface area contributed by atoms with Crippen LogP contribution in [0.1, 0.15) is 10.4 Å². The standard InChI is InChI=1S/C18H17N3O2/c22-17-16-11-19-8-9-21(16)18(23)14-10-13(6-7-15(14)20-17)12-4-2-1-3-5-12/h1-7,10,16,19H,8-9,11H2,(H,20,22). The smallest absolute Gasteiger partial charge is 0.256 e. The van der Waals surface area contributed by atoms with E-state index in [0.29, 0.717) is 30.9 Å². The van der Waals surface area contributed by atoms with E-state index < -0.39 is 6.04 Å². The first-order valence-electron chi connectivity index (χ1n) is 7.76. The zero-order valence-electron chi connectivity index (χ0n) is 12.6. The molecule has 1 unspecified atom stereocenters. The summed E-state index contributed by atoms with van der Waals surface area (Å²) < 4.78 is 0. The quantitative estimate of drug-likeness (QED) is 0.843. The van der Waals surface area contributed by atoms with E-state index in [0.717, 1.165) is 11.1 Å². The predicted molar refractivity (Wildman–Crippen MR) is 88.2 cm³/mol. The van der Waals surface area contributed by atoms with Crippen molar-refractivity contribution in [2.45, 2.75) is 6.04 Å². The monoisotopic (exact) mass is 307 g/mol. The molecule has 2 aliphatic rings. The van der Waals surface area contributed by atoms with Gasteiger partial charge in [-0.3, -0.25) is 9.59 Å². The molecule has 0 saturated carbocycles. The fourth-order valence-corrected chi connectivity index (χ4v) is 3.19. The maximum atomic E-state index is 12.9. The molecule has 2 N–H and O–H groups in total. The molecular formula is C18H17N3O2. The fraction of sp³-hybridized carbons (Fsp3) is 0.222. The molecule has 2 aromatic carbocycles. The second-order valence-corrected chi connectivity index (χ2v) is 5.83. The Hall–Kier alpha value is -2.66. The second kappa shape index (κ2) is 5.52. The molecule has 2 amide bonds. The predicted octanol–water partition coefficient (Wildman–Crippen LogP) is 1.72. The minimum absolute atomic E-state index is 0.0809. The van der Waals surface area contributed by atoms with Gasteiger partial charge in [0.05, 0.1) is 11.3 Å². The van der Waals surface area contributed by atoms with Gasteiger partial charge in [-0.1, -0.05) is 36.4 Å². The van der Waals surface area contributed by atoms with Gasteiger partial charge in [-0.25, -0.2) is 0 Å². The molecule has 0 aromatic heterocycles. The van der Waals surface area contributed by atoms with Crippen LogP contribution in [0.2, 0.25) is 0 Å². The Kier molecular flexibility index (Phi) is 3.35. The molecule has 2 aliphatic heterocycles. The molecule has 1 fully saturated rings. The summed E-state index contributed by atoms with van der Waals surface area (Å²) in [5.41, 5.74) is 3.18. The van der Waals surface area contributed by atoms with Crippen molar-refractivity contribution in [2.24, 2.45) is 0 Å². The Balaban J connectivity index is 1.79. The van der Waals surface area contributed by atoms with Gasteiger partial charge in [0.1, 0.15) is 6.04 Å². The highest BCUT2D eigenvalue weighted by Gasteiger charge is 2.36. The van der Waals surface area contributed by atoms with E-state index >= 15 is 0 Å². The minimum Gasteiger partial charge on any atom is -0.324 e. The van der Waals surface area contributed by atoms with Gasteiger partial charge in [0.25, 0.3) is 5.91 Å². The number of hydrogen-bond donors (Lipinski definition) is 2. The lowest BCUT2D eigenvalue weighted by molar-refractivity contribution is -0.120. The highest BCUT2D eigenvalue weighted by Crippen LogP contribution is 2.29. The molecule has 2 aromatic rings. The molecular weight excluding hydrogens is 290 g/mol. The van der Waals surface area contributed by atoms with Crippen LogP contribution in [0.15, 0.2) is 48.5 Å². The molecule has 4 rings (SSSR count). The minimum atomic E-state index is -0.441. The van der Waals surface area contributed by atoms with Crippen molar-refractivity contribution in [3.8, 4) is 11.1 Å². The number of nitrogens with zero attached hydrogens (tertiary/aromatic N) is 1. The number of amides is 2. The Labute approximate surface area is 134 Å². The average Bonchev–Trinajstić information content (AvgIpc) is 2.71. The molecule has 1 atom stereocenters. The molecule has 2 heterocycles. The third-order valence-electron chi connectivity index (χ3n) is 4.42. The first-order valence-corrected chi connectivity index (χ1v) is 7.76. The fourth-order valence-electron chi connectivity index (χ4n) is 3.19. The van der Waals surface area contributed by atoms with Crippen LogP contribution < -0.4 is 10.6 Å². The maximum Gasteiger partial charge on any atom is 0.256 e. The maximum absolute atomic E-state index is 12.9. The van der Waals surface area contributed by atoms with Crippen molar-refractivity contribution in [1.82, 2.24) is 10.2 Å². The van der Waals surface area contributed by atoms with Gasteiger partial charge in [0.2, 0.25) is 5.91 Å². The van der Waals surface area contributed by atoms with Crippen LogP contribution in [0.25, 0.3) is 11.1 Å². The van der Waals surface area contributed by atoms with Crippen LogP contribution in [-0.4, -0.2) is 42.4 Å². The lowest BCUT2D eigenvalue weighted by atomic mass is 10.0. The lowest BCUT2D eigenvalue weighted by Crippen LogP contribution is -2.57. The summed E-state index contributed by atoms with van der Waals surface area (Å²) in [4.78, 5) is 26.9. The number of rotatable bonds is 1. The van der Waals surface area contributed by atoms with E-state index in [4.69, 9.17) is 0 Å². The van der Waals surface area contributed by atoms with E-state index in [1.54, 1.807) is 4.90 Å². The van der Waals surface area contributed by atoms with Crippen LogP contribution >= 0.6 is 0 Å². The molecule has 5 heteroatoms. The van der Waals surface area contributed by atoms with Gasteiger partial charge >= 0.3 is 0 Å². The third kappa shape index (κ3) is 2.39. The summed E-state index contributed by atoms with van der Waals surface area (Å²) in [6.45, 7) is 1.76. The molecule has 23 heavy (non-hydrogen) atoms. The SMILES string of the molecule is O=C1Nc2ccc(-c3ccccc3)cc2C(=O)N2CCNCC12. The zero-order valence-corrected chi connectivity index (χ0v) is 12.6. The van der Waals surface area contributed by atoms with Crippen molar-refractivity contribution in [2.75, 3.05) is 25.0 Å². The Bertz CT molecular complexity index is 773. The second-order valence-electron chi connectivity index (χ2n) is 5.83. The largest absolute Gasteiger partial charge is 0.324 e. The number of carbonyl (C=O) groups excluding carboxylic acids is 2. The Morgan fingerprint density at radius 2 is 1.83 bits per heavy atom. The van der Waals surface area contributed by atoms with Crippen LogP contribution in [0.5, 0.6) is 0 Å². The summed E-state index contributed by atoms with van der Waals surface area (Å²) in [5.74, 6) is -0.209. The van der Waals surface area contributed by atoms with Crippen molar-refractivity contribution in [3.05, 3.63) is 54.1 Å².